The summed E-state index contributed by atoms with van der Waals surface area (Å²) in [5, 5.41) is 10.8. The Morgan fingerprint density at radius 2 is 1.28 bits per heavy atom. The average molecular weight is 773 g/mol. The molecule has 0 saturated carbocycles. The summed E-state index contributed by atoms with van der Waals surface area (Å²) in [5.74, 6) is 1.53. The van der Waals surface area contributed by atoms with Crippen LogP contribution >= 0.6 is 12.6 Å². The predicted octanol–water partition coefficient (Wildman–Crippen LogP) is 14.8. The molecule has 0 saturated heterocycles. The van der Waals surface area contributed by atoms with Gasteiger partial charge in [0.1, 0.15) is 0 Å². The minimum atomic E-state index is 0.517. The van der Waals surface area contributed by atoms with Crippen molar-refractivity contribution in [3.05, 3.63) is 160 Å². The maximum atomic E-state index is 4.38. The Hall–Kier alpha value is -5.11. The maximum absolute atomic E-state index is 4.38. The van der Waals surface area contributed by atoms with Gasteiger partial charge in [0, 0.05) is 0 Å². The largest absolute Gasteiger partial charge is 0.179 e. The average Bonchev–Trinajstić information content (AvgIpc) is 3.51. The van der Waals surface area contributed by atoms with Crippen molar-refractivity contribution < 1.29 is 0 Å². The molecule has 58 heavy (non-hydrogen) atoms. The molecule has 1 atom stereocenters. The Morgan fingerprint density at radius 1 is 0.569 bits per heavy atom. The van der Waals surface area contributed by atoms with Crippen LogP contribution in [0.4, 0.5) is 0 Å². The van der Waals surface area contributed by atoms with Gasteiger partial charge >= 0.3 is 0 Å². The lowest BCUT2D eigenvalue weighted by molar-refractivity contribution is 0.577. The molecule has 0 heterocycles. The Morgan fingerprint density at radius 3 is 2.10 bits per heavy atom. The lowest BCUT2D eigenvalue weighted by Crippen LogP contribution is -2.29. The number of fused-ring (bicyclic) bond motifs is 8. The van der Waals surface area contributed by atoms with Crippen LogP contribution in [-0.2, 0) is 12.8 Å². The molecule has 0 radical (unpaired) electrons. The SMILES string of the molecule is Cc1ccc2c(-c3ccc4c(c3)c3c(c5ccccc54)C=CC(C)C3)c3c(c(-c4cc(CCCCCCCCCCS)cc(-c5ccccc5)c4)c2c1)=CC=CCC=3. The summed E-state index contributed by atoms with van der Waals surface area (Å²) in [5.41, 5.74) is 13.5. The monoisotopic (exact) mass is 772 g/mol. The molecule has 7 aromatic carbocycles. The van der Waals surface area contributed by atoms with Crippen molar-refractivity contribution in [1.82, 2.24) is 0 Å². The minimum Gasteiger partial charge on any atom is -0.179 e. The summed E-state index contributed by atoms with van der Waals surface area (Å²) in [6.45, 7) is 4.60. The topological polar surface area (TPSA) is 0 Å². The summed E-state index contributed by atoms with van der Waals surface area (Å²) in [4.78, 5) is 0. The fourth-order valence-electron chi connectivity index (χ4n) is 9.86. The number of rotatable bonds is 13. The molecular weight excluding hydrogens is 717 g/mol. The van der Waals surface area contributed by atoms with Crippen molar-refractivity contribution in [3.63, 3.8) is 0 Å². The van der Waals surface area contributed by atoms with Crippen molar-refractivity contribution in [2.75, 3.05) is 5.75 Å². The third-order valence-corrected chi connectivity index (χ3v) is 13.1. The number of benzene rings is 7. The van der Waals surface area contributed by atoms with E-state index in [0.717, 1.165) is 25.0 Å². The molecule has 0 spiro atoms. The van der Waals surface area contributed by atoms with E-state index in [-0.39, 0.29) is 0 Å². The quantitative estimate of drug-likeness (QED) is 0.0674. The van der Waals surface area contributed by atoms with Crippen LogP contribution in [0.1, 0.15) is 87.0 Å². The molecule has 1 unspecified atom stereocenters. The Bertz CT molecular complexity index is 2820. The van der Waals surface area contributed by atoms with Gasteiger partial charge in [-0.05, 0) is 156 Å². The lowest BCUT2D eigenvalue weighted by Gasteiger charge is -2.22. The number of allylic oxidation sites excluding steroid dienone is 3. The van der Waals surface area contributed by atoms with Crippen LogP contribution in [0, 0.1) is 12.8 Å². The van der Waals surface area contributed by atoms with E-state index in [4.69, 9.17) is 0 Å². The Kier molecular flexibility index (Phi) is 11.5. The van der Waals surface area contributed by atoms with E-state index in [2.05, 4.69) is 172 Å². The van der Waals surface area contributed by atoms with Crippen LogP contribution in [0.2, 0.25) is 0 Å². The van der Waals surface area contributed by atoms with E-state index in [1.165, 1.54) is 150 Å². The first-order valence-electron chi connectivity index (χ1n) is 22.0. The van der Waals surface area contributed by atoms with E-state index in [1.807, 2.05) is 0 Å². The zero-order valence-corrected chi connectivity index (χ0v) is 35.3. The lowest BCUT2D eigenvalue weighted by atomic mass is 9.81. The number of thiol groups is 1. The first-order valence-corrected chi connectivity index (χ1v) is 22.6. The fourth-order valence-corrected chi connectivity index (χ4v) is 10.1. The van der Waals surface area contributed by atoms with E-state index < -0.39 is 0 Å². The first kappa shape index (κ1) is 38.4. The smallest absolute Gasteiger partial charge is 0.00261 e. The molecule has 0 nitrogen and oxygen atoms in total. The summed E-state index contributed by atoms with van der Waals surface area (Å²) >= 11 is 4.38. The van der Waals surface area contributed by atoms with E-state index in [1.54, 1.807) is 0 Å². The Labute approximate surface area is 351 Å². The molecular formula is C57H56S. The van der Waals surface area contributed by atoms with Crippen LogP contribution in [0.15, 0.2) is 127 Å². The molecule has 7 aromatic rings. The minimum absolute atomic E-state index is 0.517. The number of aryl methyl sites for hydroxylation is 2. The summed E-state index contributed by atoms with van der Waals surface area (Å²) < 4.78 is 0. The highest BCUT2D eigenvalue weighted by Crippen LogP contribution is 2.41. The maximum Gasteiger partial charge on any atom is -0.00261 e. The highest BCUT2D eigenvalue weighted by Gasteiger charge is 2.21. The number of unbranched alkanes of at least 4 members (excludes halogenated alkanes) is 7. The van der Waals surface area contributed by atoms with Crippen LogP contribution in [0.25, 0.3) is 83.9 Å². The van der Waals surface area contributed by atoms with Gasteiger partial charge in [-0.25, -0.2) is 0 Å². The van der Waals surface area contributed by atoms with Crippen molar-refractivity contribution in [2.45, 2.75) is 84.5 Å². The van der Waals surface area contributed by atoms with Gasteiger partial charge in [-0.1, -0.05) is 185 Å². The van der Waals surface area contributed by atoms with Gasteiger partial charge in [-0.3, -0.25) is 0 Å². The molecule has 2 aliphatic rings. The molecule has 0 aliphatic heterocycles. The van der Waals surface area contributed by atoms with Gasteiger partial charge in [0.2, 0.25) is 0 Å². The van der Waals surface area contributed by atoms with Crippen LogP contribution < -0.4 is 10.4 Å². The van der Waals surface area contributed by atoms with Crippen molar-refractivity contribution in [2.24, 2.45) is 5.92 Å². The molecule has 2 aliphatic carbocycles. The predicted molar refractivity (Wildman–Crippen MR) is 258 cm³/mol. The number of hydrogen-bond donors (Lipinski definition) is 1. The second-order valence-corrected chi connectivity index (χ2v) is 17.4. The highest BCUT2D eigenvalue weighted by atomic mass is 32.1. The highest BCUT2D eigenvalue weighted by molar-refractivity contribution is 7.80. The second kappa shape index (κ2) is 17.4. The van der Waals surface area contributed by atoms with E-state index in [0.29, 0.717) is 5.92 Å². The molecule has 0 bridgehead atoms. The summed E-state index contributed by atoms with van der Waals surface area (Å²) in [7, 11) is 0. The standard InChI is InChI=1S/C57H56S/c1-39-26-29-48-46-22-16-17-23-47(46)49-31-28-43(38-54(49)53(48)33-39)56-50-24-14-10-15-25-51(50)57(55-34-40(2)27-30-52(55)56)45-36-41(19-11-7-5-3-4-6-8-18-32-58)35-44(37-45)42-20-12-9-13-21-42/h9-10,12-13,15-17,20-31,34-39,58H,3-8,11,14,18-19,32-33H2,1-2H3. The van der Waals surface area contributed by atoms with Crippen molar-refractivity contribution >= 4 is 63.2 Å². The van der Waals surface area contributed by atoms with E-state index in [9.17, 15) is 0 Å². The van der Waals surface area contributed by atoms with Gasteiger partial charge in [-0.15, -0.1) is 0 Å². The number of hydrogen-bond acceptors (Lipinski definition) is 1. The molecule has 0 fully saturated rings. The van der Waals surface area contributed by atoms with Crippen LogP contribution in [0.5, 0.6) is 0 Å². The Balaban J connectivity index is 1.21. The third kappa shape index (κ3) is 7.74. The van der Waals surface area contributed by atoms with Crippen molar-refractivity contribution in [3.8, 4) is 33.4 Å². The molecule has 290 valence electrons. The van der Waals surface area contributed by atoms with Gasteiger partial charge in [0.05, 0.1) is 0 Å². The van der Waals surface area contributed by atoms with Crippen LogP contribution in [-0.4, -0.2) is 5.75 Å². The van der Waals surface area contributed by atoms with Gasteiger partial charge in [-0.2, -0.15) is 12.6 Å². The van der Waals surface area contributed by atoms with Gasteiger partial charge < -0.3 is 0 Å². The molecule has 0 amide bonds. The summed E-state index contributed by atoms with van der Waals surface area (Å²) in [6.07, 6.45) is 27.8. The summed E-state index contributed by atoms with van der Waals surface area (Å²) in [6, 6.07) is 42.0. The normalized spacial score (nSPS) is 14.6. The van der Waals surface area contributed by atoms with Crippen LogP contribution in [0.3, 0.4) is 0 Å². The third-order valence-electron chi connectivity index (χ3n) is 12.7. The first-order chi connectivity index (χ1) is 28.6. The zero-order valence-electron chi connectivity index (χ0n) is 34.4. The van der Waals surface area contributed by atoms with E-state index >= 15 is 0 Å². The van der Waals surface area contributed by atoms with Gasteiger partial charge in [0.15, 0.2) is 0 Å². The van der Waals surface area contributed by atoms with Gasteiger partial charge in [0.25, 0.3) is 0 Å². The molecule has 1 heteroatoms. The molecule has 0 N–H and O–H groups in total. The second-order valence-electron chi connectivity index (χ2n) is 17.0. The fraction of sp³-hybridized carbons (Fsp3) is 0.263. The molecule has 0 aromatic heterocycles. The zero-order chi connectivity index (χ0) is 39.4. The van der Waals surface area contributed by atoms with Crippen molar-refractivity contribution in [1.29, 1.82) is 0 Å². The molecule has 9 rings (SSSR count).